The molecule has 122 valence electrons. The van der Waals surface area contributed by atoms with E-state index in [0.717, 1.165) is 0 Å². The minimum atomic E-state index is -0.486. The van der Waals surface area contributed by atoms with Gasteiger partial charge in [0.25, 0.3) is 11.5 Å². The van der Waals surface area contributed by atoms with Crippen molar-refractivity contribution in [2.75, 3.05) is 26.8 Å². The van der Waals surface area contributed by atoms with Crippen LogP contribution < -0.4 is 5.56 Å². The number of carbonyl (C=O) groups is 1. The van der Waals surface area contributed by atoms with E-state index in [0.29, 0.717) is 31.0 Å². The second kappa shape index (κ2) is 6.18. The Kier molecular flexibility index (Phi) is 4.67. The number of carbonyl (C=O) groups excluding carboxylic acids is 1. The van der Waals surface area contributed by atoms with Gasteiger partial charge in [0.15, 0.2) is 0 Å². The number of nitrogens with one attached hydrogen (secondary N) is 1. The summed E-state index contributed by atoms with van der Waals surface area (Å²) in [4.78, 5) is 26.5. The van der Waals surface area contributed by atoms with Crippen molar-refractivity contribution >= 4 is 5.91 Å². The zero-order valence-electron chi connectivity index (χ0n) is 13.7. The van der Waals surface area contributed by atoms with Crippen molar-refractivity contribution in [2.24, 2.45) is 0 Å². The molecule has 1 N–H and O–H groups in total. The third-order valence-corrected chi connectivity index (χ3v) is 3.80. The number of methoxy groups -OCH3 is 1. The first kappa shape index (κ1) is 16.6. The van der Waals surface area contributed by atoms with Crippen molar-refractivity contribution in [1.82, 2.24) is 15.1 Å². The maximum atomic E-state index is 12.8. The number of hydrogen-bond donors (Lipinski definition) is 1. The Labute approximate surface area is 129 Å². The highest BCUT2D eigenvalue weighted by atomic mass is 16.5. The van der Waals surface area contributed by atoms with Crippen molar-refractivity contribution < 1.29 is 14.3 Å². The Bertz CT molecular complexity index is 624. The quantitative estimate of drug-likeness (QED) is 0.886. The van der Waals surface area contributed by atoms with Gasteiger partial charge in [-0.15, -0.1) is 0 Å². The molecule has 2 rings (SSSR count). The first-order chi connectivity index (χ1) is 10.2. The lowest BCUT2D eigenvalue weighted by atomic mass is 10.0. The molecular formula is C15H23N3O4. The fraction of sp³-hybridized carbons (Fsp3) is 0.667. The number of morpholine rings is 1. The second-order valence-electron chi connectivity index (χ2n) is 6.28. The molecular weight excluding hydrogens is 286 g/mol. The zero-order chi connectivity index (χ0) is 16.5. The lowest BCUT2D eigenvalue weighted by Gasteiger charge is -2.42. The zero-order valence-corrected chi connectivity index (χ0v) is 13.7. The van der Waals surface area contributed by atoms with Crippen molar-refractivity contribution in [3.63, 3.8) is 0 Å². The average molecular weight is 309 g/mol. The molecule has 1 aromatic rings. The molecule has 1 atom stereocenters. The topological polar surface area (TPSA) is 84.5 Å². The Morgan fingerprint density at radius 1 is 1.50 bits per heavy atom. The number of nitrogens with zero attached hydrogens (tertiary/aromatic N) is 2. The molecule has 1 aromatic heterocycles. The van der Waals surface area contributed by atoms with Crippen LogP contribution in [0.25, 0.3) is 0 Å². The van der Waals surface area contributed by atoms with Crippen LogP contribution in [0.3, 0.4) is 0 Å². The van der Waals surface area contributed by atoms with Crippen LogP contribution in [0.4, 0.5) is 0 Å². The number of ether oxygens (including phenoxy) is 2. The number of aromatic amines is 1. The van der Waals surface area contributed by atoms with E-state index >= 15 is 0 Å². The molecule has 7 nitrogen and oxygen atoms in total. The van der Waals surface area contributed by atoms with E-state index in [4.69, 9.17) is 9.47 Å². The highest BCUT2D eigenvalue weighted by Gasteiger charge is 2.37. The summed E-state index contributed by atoms with van der Waals surface area (Å²) in [6.45, 7) is 8.57. The number of amides is 1. The smallest absolute Gasteiger partial charge is 0.277 e. The van der Waals surface area contributed by atoms with Crippen LogP contribution in [0.5, 0.6) is 0 Å². The first-order valence-corrected chi connectivity index (χ1v) is 7.27. The number of aromatic nitrogens is 2. The van der Waals surface area contributed by atoms with Gasteiger partial charge in [0, 0.05) is 20.2 Å². The standard InChI is InChI=1S/C15H23N3O4/c1-9-10(2)16-17-13(19)12(9)14(20)18-6-11(7-21-5)22-15(3,4)8-18/h11H,6-8H2,1-5H3,(H,17,19). The minimum Gasteiger partial charge on any atom is -0.382 e. The van der Waals surface area contributed by atoms with E-state index in [2.05, 4.69) is 10.2 Å². The maximum absolute atomic E-state index is 12.8. The summed E-state index contributed by atoms with van der Waals surface area (Å²) in [5.41, 5.74) is 0.465. The van der Waals surface area contributed by atoms with Crippen LogP contribution in [0.2, 0.25) is 0 Å². The molecule has 1 amide bonds. The molecule has 0 aromatic carbocycles. The molecule has 1 aliphatic rings. The average Bonchev–Trinajstić information content (AvgIpc) is 2.42. The molecule has 7 heteroatoms. The van der Waals surface area contributed by atoms with E-state index in [9.17, 15) is 9.59 Å². The molecule has 0 spiro atoms. The largest absolute Gasteiger partial charge is 0.382 e. The van der Waals surface area contributed by atoms with Crippen molar-refractivity contribution in [3.05, 3.63) is 27.2 Å². The maximum Gasteiger partial charge on any atom is 0.277 e. The lowest BCUT2D eigenvalue weighted by molar-refractivity contribution is -0.143. The summed E-state index contributed by atoms with van der Waals surface area (Å²) in [5, 5.41) is 6.26. The van der Waals surface area contributed by atoms with Crippen LogP contribution in [0, 0.1) is 13.8 Å². The molecule has 1 fully saturated rings. The van der Waals surface area contributed by atoms with Crippen LogP contribution in [0.15, 0.2) is 4.79 Å². The van der Waals surface area contributed by atoms with Gasteiger partial charge in [-0.3, -0.25) is 9.59 Å². The molecule has 0 bridgehead atoms. The van der Waals surface area contributed by atoms with Gasteiger partial charge in [0.05, 0.1) is 24.0 Å². The summed E-state index contributed by atoms with van der Waals surface area (Å²) in [5.74, 6) is -0.290. The van der Waals surface area contributed by atoms with E-state index in [1.165, 1.54) is 0 Å². The van der Waals surface area contributed by atoms with Crippen LogP contribution in [0.1, 0.15) is 35.5 Å². The monoisotopic (exact) mass is 309 g/mol. The predicted molar refractivity (Wildman–Crippen MR) is 81.1 cm³/mol. The van der Waals surface area contributed by atoms with Crippen molar-refractivity contribution in [2.45, 2.75) is 39.4 Å². The summed E-state index contributed by atoms with van der Waals surface area (Å²) in [6, 6.07) is 0. The van der Waals surface area contributed by atoms with Crippen molar-refractivity contribution in [1.29, 1.82) is 0 Å². The first-order valence-electron chi connectivity index (χ1n) is 7.27. The van der Waals surface area contributed by atoms with Crippen molar-refractivity contribution in [3.8, 4) is 0 Å². The van der Waals surface area contributed by atoms with Gasteiger partial charge >= 0.3 is 0 Å². The summed E-state index contributed by atoms with van der Waals surface area (Å²) >= 11 is 0. The van der Waals surface area contributed by atoms with Gasteiger partial charge < -0.3 is 14.4 Å². The number of H-pyrrole nitrogens is 1. The van der Waals surface area contributed by atoms with E-state index in [1.807, 2.05) is 13.8 Å². The highest BCUT2D eigenvalue weighted by molar-refractivity contribution is 5.95. The minimum absolute atomic E-state index is 0.154. The highest BCUT2D eigenvalue weighted by Crippen LogP contribution is 2.23. The Morgan fingerprint density at radius 3 is 2.82 bits per heavy atom. The second-order valence-corrected chi connectivity index (χ2v) is 6.28. The van der Waals surface area contributed by atoms with Gasteiger partial charge in [0.2, 0.25) is 0 Å². The summed E-state index contributed by atoms with van der Waals surface area (Å²) in [7, 11) is 1.60. The van der Waals surface area contributed by atoms with Gasteiger partial charge in [-0.25, -0.2) is 5.10 Å². The predicted octanol–water partition coefficient (Wildman–Crippen LogP) is 0.653. The summed E-state index contributed by atoms with van der Waals surface area (Å²) < 4.78 is 11.0. The fourth-order valence-corrected chi connectivity index (χ4v) is 2.76. The molecule has 22 heavy (non-hydrogen) atoms. The SMILES string of the molecule is COCC1CN(C(=O)c2c(C)c(C)n[nH]c2=O)CC(C)(C)O1. The van der Waals surface area contributed by atoms with E-state index in [-0.39, 0.29) is 17.6 Å². The summed E-state index contributed by atoms with van der Waals surface area (Å²) in [6.07, 6.45) is -0.208. The van der Waals surface area contributed by atoms with Gasteiger partial charge in [-0.05, 0) is 33.3 Å². The Balaban J connectivity index is 2.33. The van der Waals surface area contributed by atoms with Crippen LogP contribution in [-0.4, -0.2) is 59.5 Å². The lowest BCUT2D eigenvalue weighted by Crippen LogP contribution is -2.56. The van der Waals surface area contributed by atoms with Gasteiger partial charge in [-0.2, -0.15) is 5.10 Å². The molecule has 1 aliphatic heterocycles. The number of hydrogen-bond acceptors (Lipinski definition) is 5. The molecule has 0 aliphatic carbocycles. The third kappa shape index (κ3) is 3.36. The molecule has 2 heterocycles. The van der Waals surface area contributed by atoms with Crippen LogP contribution >= 0.6 is 0 Å². The molecule has 1 saturated heterocycles. The van der Waals surface area contributed by atoms with Gasteiger partial charge in [0.1, 0.15) is 5.56 Å². The molecule has 1 unspecified atom stereocenters. The van der Waals surface area contributed by atoms with Crippen LogP contribution in [-0.2, 0) is 9.47 Å². The normalized spacial score (nSPS) is 21.0. The van der Waals surface area contributed by atoms with Gasteiger partial charge in [-0.1, -0.05) is 0 Å². The van der Waals surface area contributed by atoms with E-state index < -0.39 is 11.2 Å². The Morgan fingerprint density at radius 2 is 2.18 bits per heavy atom. The number of rotatable bonds is 3. The van der Waals surface area contributed by atoms with E-state index in [1.54, 1.807) is 25.9 Å². The third-order valence-electron chi connectivity index (χ3n) is 3.80. The Hall–Kier alpha value is -1.73. The fourth-order valence-electron chi connectivity index (χ4n) is 2.76. The molecule has 0 radical (unpaired) electrons. The molecule has 0 saturated carbocycles. The number of aryl methyl sites for hydroxylation is 1.